The van der Waals surface area contributed by atoms with Crippen molar-refractivity contribution >= 4 is 70.0 Å². The monoisotopic (exact) mass is 891 g/mol. The number of hydrogen-bond donors (Lipinski definition) is 7. The number of carbonyl (C=O) groups excluding carboxylic acids is 7. The summed E-state index contributed by atoms with van der Waals surface area (Å²) >= 11 is 0. The third kappa shape index (κ3) is 11.4. The summed E-state index contributed by atoms with van der Waals surface area (Å²) in [4.78, 5) is 90.4. The summed E-state index contributed by atoms with van der Waals surface area (Å²) < 4.78 is 14.8. The first kappa shape index (κ1) is 46.3. The minimum absolute atomic E-state index is 0.237. The van der Waals surface area contributed by atoms with Crippen molar-refractivity contribution in [2.45, 2.75) is 32.8 Å². The first-order chi connectivity index (χ1) is 30.6. The molecule has 0 bridgehead atoms. The number of aromatic nitrogens is 6. The van der Waals surface area contributed by atoms with Crippen molar-refractivity contribution in [3.05, 3.63) is 114 Å². The largest absolute Gasteiger partial charge is 0.444 e. The maximum Gasteiger partial charge on any atom is 0.412 e. The molecule has 65 heavy (non-hydrogen) atoms. The van der Waals surface area contributed by atoms with Crippen LogP contribution in [-0.4, -0.2) is 87.6 Å². The molecule has 0 radical (unpaired) electrons. The van der Waals surface area contributed by atoms with E-state index in [0.717, 1.165) is 0 Å². The fraction of sp³-hybridized carbons (Fsp3) is 0.295. The highest BCUT2D eigenvalue weighted by atomic mass is 16.6. The van der Waals surface area contributed by atoms with Gasteiger partial charge in [-0.1, -0.05) is 0 Å². The van der Waals surface area contributed by atoms with Gasteiger partial charge in [-0.2, -0.15) is 0 Å². The SMILES string of the molecule is Cn1cc(NC(=O)c2cc(NC(=O)c3cccn3C)cn2C)cc1C(=O)NCCCNC(=O)c1cc(NC(=O)c2cc(NC(=O)c3cc(NC(=O)OC(C)(C)C)cn3C)cn2C)cn1C. The molecule has 0 unspecified atom stereocenters. The third-order valence-corrected chi connectivity index (χ3v) is 9.97. The zero-order chi connectivity index (χ0) is 47.3. The number of hydrogen-bond acceptors (Lipinski definition) is 8. The van der Waals surface area contributed by atoms with Crippen molar-refractivity contribution in [2.24, 2.45) is 42.3 Å². The number of rotatable bonds is 15. The predicted molar refractivity (Wildman–Crippen MR) is 243 cm³/mol. The van der Waals surface area contributed by atoms with Crippen molar-refractivity contribution in [3.63, 3.8) is 0 Å². The van der Waals surface area contributed by atoms with Gasteiger partial charge in [0, 0.05) is 92.6 Å². The molecule has 0 atom stereocenters. The van der Waals surface area contributed by atoms with E-state index in [0.29, 0.717) is 51.9 Å². The number of aryl methyl sites for hydroxylation is 6. The quantitative estimate of drug-likeness (QED) is 0.0716. The van der Waals surface area contributed by atoms with Crippen LogP contribution in [0.15, 0.2) is 79.6 Å². The summed E-state index contributed by atoms with van der Waals surface area (Å²) in [6.07, 6.45) is 9.52. The minimum atomic E-state index is -0.689. The summed E-state index contributed by atoms with van der Waals surface area (Å²) in [5, 5.41) is 19.4. The van der Waals surface area contributed by atoms with E-state index < -0.39 is 29.4 Å². The highest BCUT2D eigenvalue weighted by Gasteiger charge is 2.22. The standard InChI is InChI=1S/C44H53N13O8/c1-44(2,3)65-43(64)51-30-20-36(57(9)25-30)42(63)50-29-19-35(56(8)24-29)41(62)49-27-17-33(54(6)22-27)38(59)46-14-11-13-45-37(58)32-16-26(21-53(32)5)48-40(61)34-18-28(23-55(34)7)47-39(60)31-12-10-15-52(31)4/h10,12,15-25H,11,13-14H2,1-9H3,(H,45,58)(H,46,59)(H,47,60)(H,48,61)(H,49,62)(H,50,63)(H,51,64). The van der Waals surface area contributed by atoms with E-state index >= 15 is 0 Å². The second-order valence-electron chi connectivity index (χ2n) is 16.4. The fourth-order valence-electron chi connectivity index (χ4n) is 6.87. The van der Waals surface area contributed by atoms with Gasteiger partial charge in [-0.05, 0) is 69.7 Å². The highest BCUT2D eigenvalue weighted by molar-refractivity contribution is 6.09. The molecule has 21 heteroatoms. The third-order valence-electron chi connectivity index (χ3n) is 9.97. The van der Waals surface area contributed by atoms with Gasteiger partial charge in [0.15, 0.2) is 0 Å². The van der Waals surface area contributed by atoms with Crippen LogP contribution in [0.5, 0.6) is 0 Å². The molecule has 7 N–H and O–H groups in total. The van der Waals surface area contributed by atoms with Gasteiger partial charge in [0.05, 0.1) is 28.4 Å². The molecular weight excluding hydrogens is 839 g/mol. The molecule has 0 aliphatic carbocycles. The Balaban J connectivity index is 0.939. The average Bonchev–Trinajstić information content (AvgIpc) is 4.07. The van der Waals surface area contributed by atoms with E-state index in [-0.39, 0.29) is 47.9 Å². The Morgan fingerprint density at radius 2 is 0.754 bits per heavy atom. The number of nitrogens with one attached hydrogen (secondary N) is 7. The molecule has 7 amide bonds. The van der Waals surface area contributed by atoms with Crippen LogP contribution in [0.2, 0.25) is 0 Å². The lowest BCUT2D eigenvalue weighted by atomic mass is 10.2. The Bertz CT molecular complexity index is 2800. The van der Waals surface area contributed by atoms with Crippen LogP contribution >= 0.6 is 0 Å². The van der Waals surface area contributed by atoms with E-state index in [1.165, 1.54) is 18.2 Å². The van der Waals surface area contributed by atoms with Crippen LogP contribution in [0.3, 0.4) is 0 Å². The fourth-order valence-corrected chi connectivity index (χ4v) is 6.87. The molecule has 6 heterocycles. The van der Waals surface area contributed by atoms with Crippen molar-refractivity contribution in [2.75, 3.05) is 39.7 Å². The Labute approximate surface area is 374 Å². The van der Waals surface area contributed by atoms with E-state index in [2.05, 4.69) is 37.2 Å². The van der Waals surface area contributed by atoms with Gasteiger partial charge in [-0.3, -0.25) is 34.1 Å². The topological polar surface area (TPSA) is 243 Å². The van der Waals surface area contributed by atoms with Crippen LogP contribution in [0, 0.1) is 0 Å². The lowest BCUT2D eigenvalue weighted by molar-refractivity contribution is 0.0634. The molecule has 0 saturated carbocycles. The predicted octanol–water partition coefficient (Wildman–Crippen LogP) is 4.62. The zero-order valence-electron chi connectivity index (χ0n) is 37.6. The van der Waals surface area contributed by atoms with Crippen molar-refractivity contribution in [3.8, 4) is 0 Å². The van der Waals surface area contributed by atoms with Gasteiger partial charge in [0.2, 0.25) is 0 Å². The maximum absolute atomic E-state index is 13.3. The zero-order valence-corrected chi connectivity index (χ0v) is 37.6. The number of ether oxygens (including phenoxy) is 1. The summed E-state index contributed by atoms with van der Waals surface area (Å²) in [7, 11) is 10.1. The summed E-state index contributed by atoms with van der Waals surface area (Å²) in [6, 6.07) is 11.1. The van der Waals surface area contributed by atoms with Gasteiger partial charge in [0.1, 0.15) is 39.8 Å². The number of anilines is 5. The second-order valence-corrected chi connectivity index (χ2v) is 16.4. The molecule has 21 nitrogen and oxygen atoms in total. The van der Waals surface area contributed by atoms with Gasteiger partial charge in [-0.25, -0.2) is 4.79 Å². The summed E-state index contributed by atoms with van der Waals surface area (Å²) in [6.45, 7) is 5.72. The Morgan fingerprint density at radius 3 is 1.06 bits per heavy atom. The average molecular weight is 892 g/mol. The van der Waals surface area contributed by atoms with Gasteiger partial charge in [-0.15, -0.1) is 0 Å². The van der Waals surface area contributed by atoms with Crippen molar-refractivity contribution in [1.29, 1.82) is 0 Å². The molecule has 0 aliphatic rings. The molecule has 342 valence electrons. The van der Waals surface area contributed by atoms with E-state index in [9.17, 15) is 33.6 Å². The van der Waals surface area contributed by atoms with Gasteiger partial charge >= 0.3 is 6.09 Å². The lowest BCUT2D eigenvalue weighted by Gasteiger charge is -2.19. The maximum atomic E-state index is 13.3. The second kappa shape index (κ2) is 19.0. The molecular formula is C44H53N13O8. The van der Waals surface area contributed by atoms with Crippen LogP contribution in [0.25, 0.3) is 0 Å². The molecule has 6 aromatic rings. The lowest BCUT2D eigenvalue weighted by Crippen LogP contribution is -2.31. The Morgan fingerprint density at radius 1 is 0.446 bits per heavy atom. The van der Waals surface area contributed by atoms with E-state index in [1.54, 1.807) is 152 Å². The van der Waals surface area contributed by atoms with Gasteiger partial charge in [0.25, 0.3) is 35.4 Å². The van der Waals surface area contributed by atoms with Crippen LogP contribution in [0.4, 0.5) is 33.2 Å². The van der Waals surface area contributed by atoms with Crippen LogP contribution in [0.1, 0.15) is 90.1 Å². The van der Waals surface area contributed by atoms with Gasteiger partial charge < -0.3 is 64.0 Å². The highest BCUT2D eigenvalue weighted by Crippen LogP contribution is 2.22. The van der Waals surface area contributed by atoms with Crippen molar-refractivity contribution < 1.29 is 38.3 Å². The number of amides is 7. The Kier molecular flexibility index (Phi) is 13.5. The Hall–Kier alpha value is -8.23. The molecule has 0 saturated heterocycles. The molecule has 0 spiro atoms. The smallest absolute Gasteiger partial charge is 0.412 e. The minimum Gasteiger partial charge on any atom is -0.444 e. The number of carbonyl (C=O) groups is 7. The summed E-state index contributed by atoms with van der Waals surface area (Å²) in [5.74, 6) is -2.46. The van der Waals surface area contributed by atoms with Crippen molar-refractivity contribution in [1.82, 2.24) is 38.0 Å². The molecule has 0 aliphatic heterocycles. The first-order valence-corrected chi connectivity index (χ1v) is 20.4. The molecule has 6 aromatic heterocycles. The van der Waals surface area contributed by atoms with E-state index in [4.69, 9.17) is 4.74 Å². The molecule has 0 aromatic carbocycles. The summed E-state index contributed by atoms with van der Waals surface area (Å²) in [5.41, 5.74) is 3.11. The normalized spacial score (nSPS) is 11.2. The first-order valence-electron chi connectivity index (χ1n) is 20.4. The van der Waals surface area contributed by atoms with Crippen LogP contribution < -0.4 is 37.2 Å². The molecule has 6 rings (SSSR count). The van der Waals surface area contributed by atoms with Crippen LogP contribution in [-0.2, 0) is 47.0 Å². The number of nitrogens with zero attached hydrogens (tertiary/aromatic N) is 6. The molecule has 0 fully saturated rings. The van der Waals surface area contributed by atoms with E-state index in [1.807, 2.05) is 0 Å².